The second-order valence-corrected chi connectivity index (χ2v) is 10.5. The summed E-state index contributed by atoms with van der Waals surface area (Å²) in [5.41, 5.74) is 8.04. The van der Waals surface area contributed by atoms with E-state index in [2.05, 4.69) is 72.4 Å². The molecule has 3 aliphatic heterocycles. The van der Waals surface area contributed by atoms with Crippen molar-refractivity contribution in [3.8, 4) is 23.0 Å². The average Bonchev–Trinajstić information content (AvgIpc) is 3.38. The van der Waals surface area contributed by atoms with Gasteiger partial charge in [-0.15, -0.1) is 0 Å². The summed E-state index contributed by atoms with van der Waals surface area (Å²) >= 11 is 0. The largest absolute Gasteiger partial charge is 0.493 e. The van der Waals surface area contributed by atoms with Gasteiger partial charge >= 0.3 is 0 Å². The Morgan fingerprint density at radius 3 is 2.46 bits per heavy atom. The molecule has 0 saturated carbocycles. The number of anilines is 1. The number of aryl methyl sites for hydroxylation is 1. The van der Waals surface area contributed by atoms with Crippen molar-refractivity contribution in [1.29, 1.82) is 0 Å². The van der Waals surface area contributed by atoms with Crippen molar-refractivity contribution in [2.24, 2.45) is 0 Å². The van der Waals surface area contributed by atoms with Crippen LogP contribution >= 0.6 is 0 Å². The predicted octanol–water partition coefficient (Wildman–Crippen LogP) is 5.72. The zero-order valence-electron chi connectivity index (χ0n) is 22.3. The van der Waals surface area contributed by atoms with Gasteiger partial charge in [0.15, 0.2) is 23.0 Å². The fourth-order valence-corrected chi connectivity index (χ4v) is 6.43. The highest BCUT2D eigenvalue weighted by molar-refractivity contribution is 5.56. The minimum Gasteiger partial charge on any atom is -0.493 e. The molecule has 3 heterocycles. The van der Waals surface area contributed by atoms with E-state index in [1.165, 1.54) is 33.5 Å². The van der Waals surface area contributed by atoms with E-state index in [9.17, 15) is 0 Å². The van der Waals surface area contributed by atoms with Crippen molar-refractivity contribution in [1.82, 2.24) is 4.90 Å². The molecule has 0 aliphatic carbocycles. The summed E-state index contributed by atoms with van der Waals surface area (Å²) in [4.78, 5) is 4.77. The number of rotatable bonds is 7. The third kappa shape index (κ3) is 4.27. The van der Waals surface area contributed by atoms with Gasteiger partial charge in [-0.1, -0.05) is 18.2 Å². The van der Waals surface area contributed by atoms with E-state index in [0.717, 1.165) is 61.8 Å². The Bertz CT molecular complexity index is 1290. The first-order valence-electron chi connectivity index (χ1n) is 13.2. The minimum atomic E-state index is 0.306. The number of ether oxygens (including phenoxy) is 4. The van der Waals surface area contributed by atoms with Crippen molar-refractivity contribution in [3.63, 3.8) is 0 Å². The van der Waals surface area contributed by atoms with Crippen molar-refractivity contribution in [3.05, 3.63) is 76.3 Å². The second kappa shape index (κ2) is 9.82. The zero-order chi connectivity index (χ0) is 25.5. The first-order chi connectivity index (χ1) is 18.1. The SMILES string of the molecule is COc1ccc2c(c1OC)CN1CCc3cc4c(cc3C1C2CCCc1ccc(N(C)C)cc1)OCO4. The molecule has 0 spiro atoms. The van der Waals surface area contributed by atoms with Crippen molar-refractivity contribution in [2.75, 3.05) is 46.6 Å². The van der Waals surface area contributed by atoms with Gasteiger partial charge < -0.3 is 23.8 Å². The predicted molar refractivity (Wildman–Crippen MR) is 145 cm³/mol. The maximum absolute atomic E-state index is 5.90. The summed E-state index contributed by atoms with van der Waals surface area (Å²) in [5.74, 6) is 3.79. The molecule has 0 fully saturated rings. The monoisotopic (exact) mass is 500 g/mol. The highest BCUT2D eigenvalue weighted by atomic mass is 16.7. The third-order valence-corrected chi connectivity index (χ3v) is 8.27. The van der Waals surface area contributed by atoms with E-state index in [4.69, 9.17) is 18.9 Å². The molecular weight excluding hydrogens is 464 g/mol. The fourth-order valence-electron chi connectivity index (χ4n) is 6.43. The van der Waals surface area contributed by atoms with Crippen molar-refractivity contribution in [2.45, 2.75) is 44.2 Å². The molecule has 0 saturated heterocycles. The molecule has 0 bridgehead atoms. The Morgan fingerprint density at radius 2 is 1.73 bits per heavy atom. The Kier molecular flexibility index (Phi) is 6.37. The number of methoxy groups -OCH3 is 2. The molecule has 2 unspecified atom stereocenters. The van der Waals surface area contributed by atoms with Crippen LogP contribution in [-0.2, 0) is 19.4 Å². The highest BCUT2D eigenvalue weighted by Crippen LogP contribution is 2.53. The van der Waals surface area contributed by atoms with E-state index < -0.39 is 0 Å². The summed E-state index contributed by atoms with van der Waals surface area (Å²) in [7, 11) is 7.63. The third-order valence-electron chi connectivity index (χ3n) is 8.27. The van der Waals surface area contributed by atoms with Crippen LogP contribution in [0.5, 0.6) is 23.0 Å². The van der Waals surface area contributed by atoms with Crippen molar-refractivity contribution >= 4 is 5.69 Å². The Hall–Kier alpha value is -3.38. The summed E-state index contributed by atoms with van der Waals surface area (Å²) in [6.45, 7) is 2.18. The molecule has 0 amide bonds. The van der Waals surface area contributed by atoms with Crippen molar-refractivity contribution < 1.29 is 18.9 Å². The molecule has 6 heteroatoms. The molecule has 3 aromatic rings. The topological polar surface area (TPSA) is 43.4 Å². The van der Waals surface area contributed by atoms with Gasteiger partial charge in [-0.3, -0.25) is 4.90 Å². The normalized spacial score (nSPS) is 19.6. The summed E-state index contributed by atoms with van der Waals surface area (Å²) in [5, 5.41) is 0. The first kappa shape index (κ1) is 24.0. The highest BCUT2D eigenvalue weighted by Gasteiger charge is 2.41. The van der Waals surface area contributed by atoms with Crippen LogP contribution in [0, 0.1) is 0 Å². The van der Waals surface area contributed by atoms with Crippen LogP contribution in [0.3, 0.4) is 0 Å². The summed E-state index contributed by atoms with van der Waals surface area (Å²) in [6, 6.07) is 18.1. The van der Waals surface area contributed by atoms with E-state index in [0.29, 0.717) is 18.8 Å². The van der Waals surface area contributed by atoms with Gasteiger partial charge in [-0.2, -0.15) is 0 Å². The fraction of sp³-hybridized carbons (Fsp3) is 0.419. The lowest BCUT2D eigenvalue weighted by molar-refractivity contribution is 0.126. The van der Waals surface area contributed by atoms with Gasteiger partial charge in [0, 0.05) is 50.4 Å². The molecule has 194 valence electrons. The molecule has 0 radical (unpaired) electrons. The molecule has 0 N–H and O–H groups in total. The molecule has 6 rings (SSSR count). The van der Waals surface area contributed by atoms with Crippen LogP contribution in [-0.4, -0.2) is 46.6 Å². The lowest BCUT2D eigenvalue weighted by Crippen LogP contribution is -2.42. The Balaban J connectivity index is 1.35. The zero-order valence-corrected chi connectivity index (χ0v) is 22.3. The van der Waals surface area contributed by atoms with Gasteiger partial charge in [0.1, 0.15) is 0 Å². The second-order valence-electron chi connectivity index (χ2n) is 10.5. The maximum atomic E-state index is 5.90. The first-order valence-corrected chi connectivity index (χ1v) is 13.2. The van der Waals surface area contributed by atoms with E-state index in [1.807, 2.05) is 0 Å². The summed E-state index contributed by atoms with van der Waals surface area (Å²) in [6.07, 6.45) is 4.28. The lowest BCUT2D eigenvalue weighted by atomic mass is 9.74. The molecule has 3 aliphatic rings. The summed E-state index contributed by atoms with van der Waals surface area (Å²) < 4.78 is 23.1. The van der Waals surface area contributed by atoms with Crippen LogP contribution in [0.4, 0.5) is 5.69 Å². The van der Waals surface area contributed by atoms with E-state index >= 15 is 0 Å². The molecule has 3 aromatic carbocycles. The Labute approximate surface area is 219 Å². The van der Waals surface area contributed by atoms with E-state index in [-0.39, 0.29) is 0 Å². The molecule has 37 heavy (non-hydrogen) atoms. The van der Waals surface area contributed by atoms with Gasteiger partial charge in [0.25, 0.3) is 0 Å². The van der Waals surface area contributed by atoms with Crippen LogP contribution < -0.4 is 23.8 Å². The minimum absolute atomic E-state index is 0.306. The van der Waals surface area contributed by atoms with Crippen LogP contribution in [0.1, 0.15) is 52.6 Å². The van der Waals surface area contributed by atoms with Gasteiger partial charge in [0.05, 0.1) is 14.2 Å². The molecule has 6 nitrogen and oxygen atoms in total. The van der Waals surface area contributed by atoms with Crippen LogP contribution in [0.25, 0.3) is 0 Å². The van der Waals surface area contributed by atoms with Gasteiger partial charge in [0.2, 0.25) is 6.79 Å². The number of fused-ring (bicyclic) bond motifs is 5. The van der Waals surface area contributed by atoms with Gasteiger partial charge in [-0.05, 0) is 78.3 Å². The molecular formula is C31H36N2O4. The van der Waals surface area contributed by atoms with Gasteiger partial charge in [-0.25, -0.2) is 0 Å². The smallest absolute Gasteiger partial charge is 0.231 e. The maximum Gasteiger partial charge on any atom is 0.231 e. The van der Waals surface area contributed by atoms with Crippen LogP contribution in [0.15, 0.2) is 48.5 Å². The lowest BCUT2D eigenvalue weighted by Gasteiger charge is -2.46. The number of hydrogen-bond acceptors (Lipinski definition) is 6. The number of nitrogens with zero attached hydrogens (tertiary/aromatic N) is 2. The molecule has 2 atom stereocenters. The quantitative estimate of drug-likeness (QED) is 0.414. The average molecular weight is 501 g/mol. The Morgan fingerprint density at radius 1 is 0.946 bits per heavy atom. The standard InChI is InChI=1S/C31H36N2O4/c1-32(2)22-10-8-20(9-11-22)6-5-7-24-23-12-13-27(34-3)31(35-4)26(23)18-33-15-14-21-16-28-29(37-19-36-28)17-25(21)30(24)33/h8-13,16-17,24,30H,5-7,14-15,18-19H2,1-4H3. The molecule has 0 aromatic heterocycles. The van der Waals surface area contributed by atoms with Crippen LogP contribution in [0.2, 0.25) is 0 Å². The van der Waals surface area contributed by atoms with E-state index in [1.54, 1.807) is 14.2 Å². The number of benzene rings is 3. The number of hydrogen-bond donors (Lipinski definition) is 0.